The van der Waals surface area contributed by atoms with Crippen LogP contribution >= 0.6 is 0 Å². The van der Waals surface area contributed by atoms with Crippen LogP contribution in [-0.4, -0.2) is 34.8 Å². The first-order chi connectivity index (χ1) is 8.56. The van der Waals surface area contributed by atoms with Gasteiger partial charge in [-0.1, -0.05) is 0 Å². The zero-order valence-corrected chi connectivity index (χ0v) is 9.55. The largest absolute Gasteiger partial charge is 0.493 e. The van der Waals surface area contributed by atoms with Crippen molar-refractivity contribution < 1.29 is 24.5 Å². The summed E-state index contributed by atoms with van der Waals surface area (Å²) < 4.78 is 5.33. The number of ether oxygens (including phenoxy) is 1. The minimum Gasteiger partial charge on any atom is -0.493 e. The van der Waals surface area contributed by atoms with Gasteiger partial charge in [0, 0.05) is 12.1 Å². The average molecular weight is 251 g/mol. The van der Waals surface area contributed by atoms with Gasteiger partial charge < -0.3 is 20.3 Å². The predicted octanol–water partition coefficient (Wildman–Crippen LogP) is 0.961. The first-order valence-electron chi connectivity index (χ1n) is 5.53. The molecule has 1 aromatic carbocycles. The van der Waals surface area contributed by atoms with Crippen molar-refractivity contribution in [2.45, 2.75) is 18.9 Å². The lowest BCUT2D eigenvalue weighted by molar-refractivity contribution is -0.144. The van der Waals surface area contributed by atoms with Gasteiger partial charge in [-0.05, 0) is 23.8 Å². The van der Waals surface area contributed by atoms with Crippen LogP contribution in [0.2, 0.25) is 0 Å². The van der Waals surface area contributed by atoms with Gasteiger partial charge >= 0.3 is 11.9 Å². The van der Waals surface area contributed by atoms with Gasteiger partial charge in [0.15, 0.2) is 0 Å². The number of benzene rings is 1. The van der Waals surface area contributed by atoms with E-state index in [0.29, 0.717) is 12.3 Å². The highest BCUT2D eigenvalue weighted by atomic mass is 16.5. The molecule has 3 N–H and O–H groups in total. The first kappa shape index (κ1) is 12.2. The van der Waals surface area contributed by atoms with Crippen LogP contribution in [0, 0.1) is 0 Å². The molecule has 0 aromatic heterocycles. The van der Waals surface area contributed by atoms with E-state index in [1.807, 2.05) is 0 Å². The third kappa shape index (κ3) is 2.71. The molecule has 0 bridgehead atoms. The van der Waals surface area contributed by atoms with Crippen molar-refractivity contribution in [3.63, 3.8) is 0 Å². The van der Waals surface area contributed by atoms with E-state index in [9.17, 15) is 9.59 Å². The van der Waals surface area contributed by atoms with Crippen LogP contribution in [0.4, 0.5) is 5.69 Å². The normalized spacial score (nSPS) is 14.4. The fourth-order valence-electron chi connectivity index (χ4n) is 1.85. The third-order valence-electron chi connectivity index (χ3n) is 2.71. The molecule has 1 unspecified atom stereocenters. The maximum atomic E-state index is 10.9. The van der Waals surface area contributed by atoms with Crippen LogP contribution < -0.4 is 10.1 Å². The quantitative estimate of drug-likeness (QED) is 0.721. The van der Waals surface area contributed by atoms with Crippen molar-refractivity contribution in [2.75, 3.05) is 11.9 Å². The topological polar surface area (TPSA) is 95.9 Å². The lowest BCUT2D eigenvalue weighted by atomic mass is 10.1. The summed E-state index contributed by atoms with van der Waals surface area (Å²) in [6.07, 6.45) is 0.310. The maximum absolute atomic E-state index is 10.9. The average Bonchev–Trinajstić information content (AvgIpc) is 2.74. The number of anilines is 1. The molecular formula is C12H13NO5. The van der Waals surface area contributed by atoms with Gasteiger partial charge in [0.2, 0.25) is 0 Å². The second-order valence-corrected chi connectivity index (χ2v) is 4.05. The predicted molar refractivity (Wildman–Crippen MR) is 62.9 cm³/mol. The number of nitrogens with one attached hydrogen (secondary N) is 1. The Balaban J connectivity index is 2.11. The third-order valence-corrected chi connectivity index (χ3v) is 2.71. The minimum atomic E-state index is -1.19. The summed E-state index contributed by atoms with van der Waals surface area (Å²) in [5.74, 6) is -1.54. The van der Waals surface area contributed by atoms with Crippen LogP contribution in [0.1, 0.15) is 12.0 Å². The number of hydrogen-bond donors (Lipinski definition) is 3. The molecule has 18 heavy (non-hydrogen) atoms. The highest BCUT2D eigenvalue weighted by Gasteiger charge is 2.21. The Morgan fingerprint density at radius 1 is 1.39 bits per heavy atom. The summed E-state index contributed by atoms with van der Waals surface area (Å²) in [4.78, 5) is 21.5. The van der Waals surface area contributed by atoms with Crippen LogP contribution in [0.15, 0.2) is 18.2 Å². The Morgan fingerprint density at radius 3 is 2.83 bits per heavy atom. The molecule has 6 heteroatoms. The van der Waals surface area contributed by atoms with Gasteiger partial charge in [0.1, 0.15) is 11.8 Å². The molecule has 0 amide bonds. The molecule has 1 aliphatic heterocycles. The number of rotatable bonds is 5. The zero-order valence-electron chi connectivity index (χ0n) is 9.55. The zero-order chi connectivity index (χ0) is 13.1. The van der Waals surface area contributed by atoms with Gasteiger partial charge in [0.25, 0.3) is 0 Å². The Hall–Kier alpha value is -2.24. The molecule has 1 atom stereocenters. The minimum absolute atomic E-state index is 0.469. The van der Waals surface area contributed by atoms with E-state index in [1.54, 1.807) is 18.2 Å². The Morgan fingerprint density at radius 2 is 2.17 bits per heavy atom. The van der Waals surface area contributed by atoms with Crippen molar-refractivity contribution in [1.82, 2.24) is 0 Å². The van der Waals surface area contributed by atoms with Gasteiger partial charge in [-0.15, -0.1) is 0 Å². The highest BCUT2D eigenvalue weighted by Crippen LogP contribution is 2.28. The number of fused-ring (bicyclic) bond motifs is 1. The molecule has 1 heterocycles. The summed E-state index contributed by atoms with van der Waals surface area (Å²) in [7, 11) is 0. The molecule has 6 nitrogen and oxygen atoms in total. The lowest BCUT2D eigenvalue weighted by Gasteiger charge is -2.14. The molecular weight excluding hydrogens is 238 g/mol. The highest BCUT2D eigenvalue weighted by molar-refractivity contribution is 5.83. The molecule has 0 saturated heterocycles. The summed E-state index contributed by atoms with van der Waals surface area (Å²) in [5.41, 5.74) is 1.59. The monoisotopic (exact) mass is 251 g/mol. The van der Waals surface area contributed by atoms with E-state index in [2.05, 4.69) is 5.32 Å². The van der Waals surface area contributed by atoms with Crippen molar-refractivity contribution in [3.8, 4) is 5.75 Å². The smallest absolute Gasteiger partial charge is 0.326 e. The number of aliphatic carboxylic acids is 2. The molecule has 0 spiro atoms. The Bertz CT molecular complexity index is 485. The second kappa shape index (κ2) is 4.95. The first-order valence-corrected chi connectivity index (χ1v) is 5.53. The van der Waals surface area contributed by atoms with Crippen LogP contribution in [-0.2, 0) is 16.0 Å². The number of carboxylic acid groups (broad SMARTS) is 2. The van der Waals surface area contributed by atoms with Crippen LogP contribution in [0.3, 0.4) is 0 Å². The van der Waals surface area contributed by atoms with Gasteiger partial charge in [-0.25, -0.2) is 4.79 Å². The Labute approximate surface area is 103 Å². The van der Waals surface area contributed by atoms with Gasteiger partial charge in [0.05, 0.1) is 13.0 Å². The molecule has 1 aromatic rings. The standard InChI is InChI=1S/C12H13NO5/c14-11(15)6-9(12(16)17)13-8-1-2-10-7(5-8)3-4-18-10/h1-2,5,9,13H,3-4,6H2,(H,14,15)(H,16,17). The summed E-state index contributed by atoms with van der Waals surface area (Å²) in [6, 6.07) is 4.09. The van der Waals surface area contributed by atoms with Gasteiger partial charge in [-0.2, -0.15) is 0 Å². The number of carboxylic acids is 2. The van der Waals surface area contributed by atoms with Crippen molar-refractivity contribution in [1.29, 1.82) is 0 Å². The molecule has 2 rings (SSSR count). The fourth-order valence-corrected chi connectivity index (χ4v) is 1.85. The van der Waals surface area contributed by atoms with E-state index in [1.165, 1.54) is 0 Å². The van der Waals surface area contributed by atoms with E-state index in [4.69, 9.17) is 14.9 Å². The molecule has 0 saturated carbocycles. The molecule has 0 fully saturated rings. The van der Waals surface area contributed by atoms with E-state index < -0.39 is 24.4 Å². The SMILES string of the molecule is O=C(O)CC(Nc1ccc2c(c1)CCO2)C(=O)O. The fraction of sp³-hybridized carbons (Fsp3) is 0.333. The lowest BCUT2D eigenvalue weighted by Crippen LogP contribution is -2.31. The molecule has 0 radical (unpaired) electrons. The molecule has 1 aliphatic rings. The summed E-state index contributed by atoms with van der Waals surface area (Å²) in [6.45, 7) is 0.621. The van der Waals surface area contributed by atoms with Crippen LogP contribution in [0.5, 0.6) is 5.75 Å². The van der Waals surface area contributed by atoms with Crippen LogP contribution in [0.25, 0.3) is 0 Å². The second-order valence-electron chi connectivity index (χ2n) is 4.05. The summed E-state index contributed by atoms with van der Waals surface area (Å²) >= 11 is 0. The van der Waals surface area contributed by atoms with E-state index in [0.717, 1.165) is 17.7 Å². The van der Waals surface area contributed by atoms with Gasteiger partial charge in [-0.3, -0.25) is 4.79 Å². The van der Waals surface area contributed by atoms with E-state index in [-0.39, 0.29) is 0 Å². The number of hydrogen-bond acceptors (Lipinski definition) is 4. The van der Waals surface area contributed by atoms with Crippen molar-refractivity contribution in [3.05, 3.63) is 23.8 Å². The molecule has 96 valence electrons. The number of carbonyl (C=O) groups is 2. The maximum Gasteiger partial charge on any atom is 0.326 e. The van der Waals surface area contributed by atoms with Crippen molar-refractivity contribution in [2.24, 2.45) is 0 Å². The van der Waals surface area contributed by atoms with Crippen molar-refractivity contribution >= 4 is 17.6 Å². The summed E-state index contributed by atoms with van der Waals surface area (Å²) in [5, 5.41) is 20.3. The van der Waals surface area contributed by atoms with E-state index >= 15 is 0 Å². The Kier molecular flexibility index (Phi) is 3.36. The molecule has 0 aliphatic carbocycles.